The van der Waals surface area contributed by atoms with E-state index in [-0.39, 0.29) is 12.7 Å². The van der Waals surface area contributed by atoms with Crippen molar-refractivity contribution in [2.24, 2.45) is 0 Å². The summed E-state index contributed by atoms with van der Waals surface area (Å²) >= 11 is 0. The molecular weight excluding hydrogens is 309 g/mol. The molecule has 3 nitrogen and oxygen atoms in total. The smallest absolute Gasteiger partial charge is 0.416 e. The number of carbonyl (C=O) groups excluding carboxylic acids is 1. The molecule has 0 spiro atoms. The first-order chi connectivity index (χ1) is 10.8. The first-order valence-corrected chi connectivity index (χ1v) is 7.23. The molecule has 0 aromatic heterocycles. The average molecular weight is 326 g/mol. The van der Waals surface area contributed by atoms with Gasteiger partial charge in [-0.3, -0.25) is 0 Å². The molecule has 0 radical (unpaired) electrons. The van der Waals surface area contributed by atoms with E-state index in [2.05, 4.69) is 0 Å². The summed E-state index contributed by atoms with van der Waals surface area (Å²) in [6.07, 6.45) is -1.26. The molecule has 0 saturated heterocycles. The van der Waals surface area contributed by atoms with E-state index in [1.165, 1.54) is 18.2 Å². The number of carbonyl (C=O) groups is 1. The lowest BCUT2D eigenvalue weighted by Gasteiger charge is -2.22. The molecule has 0 fully saturated rings. The fourth-order valence-corrected chi connectivity index (χ4v) is 2.26. The van der Waals surface area contributed by atoms with Crippen molar-refractivity contribution in [1.82, 2.24) is 0 Å². The predicted molar refractivity (Wildman–Crippen MR) is 79.3 cm³/mol. The highest BCUT2D eigenvalue weighted by molar-refractivity contribution is 5.89. The summed E-state index contributed by atoms with van der Waals surface area (Å²) in [5.41, 5.74) is 0.0671. The zero-order valence-corrected chi connectivity index (χ0v) is 12.8. The van der Waals surface area contributed by atoms with Gasteiger partial charge in [-0.1, -0.05) is 12.1 Å². The zero-order valence-electron chi connectivity index (χ0n) is 12.8. The van der Waals surface area contributed by atoms with Gasteiger partial charge in [-0.15, -0.1) is 0 Å². The van der Waals surface area contributed by atoms with E-state index in [1.54, 1.807) is 19.9 Å². The van der Waals surface area contributed by atoms with Gasteiger partial charge in [0.1, 0.15) is 11.9 Å². The van der Waals surface area contributed by atoms with Crippen molar-refractivity contribution in [2.45, 2.75) is 32.5 Å². The summed E-state index contributed by atoms with van der Waals surface area (Å²) in [6, 6.07) is 4.92. The molecule has 23 heavy (non-hydrogen) atoms. The van der Waals surface area contributed by atoms with Crippen LogP contribution in [0.5, 0.6) is 0 Å². The van der Waals surface area contributed by atoms with Gasteiger partial charge in [0, 0.05) is 12.0 Å². The summed E-state index contributed by atoms with van der Waals surface area (Å²) in [4.78, 5) is 11.8. The molecule has 0 aliphatic carbocycles. The van der Waals surface area contributed by atoms with Gasteiger partial charge >= 0.3 is 12.1 Å². The first kappa shape index (κ1) is 17.1. The minimum atomic E-state index is -4.40. The van der Waals surface area contributed by atoms with Gasteiger partial charge in [0.25, 0.3) is 0 Å². The Labute approximate surface area is 132 Å². The maximum absolute atomic E-state index is 12.7. The predicted octanol–water partition coefficient (Wildman–Crippen LogP) is 4.34. The second-order valence-corrected chi connectivity index (χ2v) is 5.19. The number of rotatable bonds is 3. The van der Waals surface area contributed by atoms with Gasteiger partial charge in [-0.05, 0) is 43.7 Å². The molecule has 1 aliphatic heterocycles. The molecule has 1 heterocycles. The van der Waals surface area contributed by atoms with Crippen LogP contribution in [0.3, 0.4) is 0 Å². The molecule has 0 amide bonds. The van der Waals surface area contributed by atoms with Crippen molar-refractivity contribution in [1.29, 1.82) is 0 Å². The van der Waals surface area contributed by atoms with E-state index in [0.717, 1.165) is 12.1 Å². The Balaban J connectivity index is 2.31. The minimum absolute atomic E-state index is 0.253. The molecule has 124 valence electrons. The lowest BCUT2D eigenvalue weighted by atomic mass is 10.0. The molecule has 6 heteroatoms. The molecular formula is C17H17F3O3. The topological polar surface area (TPSA) is 35.5 Å². The quantitative estimate of drug-likeness (QED) is 0.775. The zero-order chi connectivity index (χ0) is 17.0. The fourth-order valence-electron chi connectivity index (χ4n) is 2.26. The van der Waals surface area contributed by atoms with E-state index >= 15 is 0 Å². The van der Waals surface area contributed by atoms with Crippen molar-refractivity contribution in [3.05, 3.63) is 52.8 Å². The number of esters is 1. The molecule has 0 saturated carbocycles. The van der Waals surface area contributed by atoms with Crippen molar-refractivity contribution in [2.75, 3.05) is 6.61 Å². The molecule has 1 aliphatic rings. The number of alkyl halides is 3. The lowest BCUT2D eigenvalue weighted by Crippen LogP contribution is -2.19. The molecule has 1 atom stereocenters. The summed E-state index contributed by atoms with van der Waals surface area (Å²) in [5, 5.41) is 0. The number of benzene rings is 1. The van der Waals surface area contributed by atoms with Crippen LogP contribution in [0.1, 0.15) is 31.4 Å². The second kappa shape index (κ2) is 6.89. The van der Waals surface area contributed by atoms with Crippen LogP contribution in [0, 0.1) is 0 Å². The van der Waals surface area contributed by atoms with E-state index in [1.807, 2.05) is 0 Å². The highest BCUT2D eigenvalue weighted by Crippen LogP contribution is 2.30. The van der Waals surface area contributed by atoms with E-state index in [4.69, 9.17) is 9.47 Å². The Morgan fingerprint density at radius 2 is 2.17 bits per heavy atom. The van der Waals surface area contributed by atoms with Crippen LogP contribution >= 0.6 is 0 Å². The van der Waals surface area contributed by atoms with Crippen LogP contribution < -0.4 is 0 Å². The number of allylic oxidation sites excluding steroid dienone is 1. The summed E-state index contributed by atoms with van der Waals surface area (Å²) in [5.74, 6) is -0.0938. The van der Waals surface area contributed by atoms with E-state index in [0.29, 0.717) is 23.3 Å². The molecule has 1 aromatic carbocycles. The minimum Gasteiger partial charge on any atom is -0.490 e. The standard InChI is InChI=1S/C17H17F3O3/c1-3-22-16(21)13-7-11(2)23-15(10-13)9-12-5-4-6-14(8-12)17(18,19)20/h4-6,8-11H,3,7H2,1-2H3. The van der Waals surface area contributed by atoms with Crippen molar-refractivity contribution in [3.63, 3.8) is 0 Å². The highest BCUT2D eigenvalue weighted by atomic mass is 19.4. The maximum Gasteiger partial charge on any atom is 0.416 e. The molecule has 1 aromatic rings. The van der Waals surface area contributed by atoms with Crippen LogP contribution in [0.2, 0.25) is 0 Å². The second-order valence-electron chi connectivity index (χ2n) is 5.19. The van der Waals surface area contributed by atoms with Gasteiger partial charge in [-0.2, -0.15) is 13.2 Å². The Morgan fingerprint density at radius 1 is 1.43 bits per heavy atom. The summed E-state index contributed by atoms with van der Waals surface area (Å²) in [6.45, 7) is 3.75. The van der Waals surface area contributed by atoms with Crippen molar-refractivity contribution in [3.8, 4) is 0 Å². The van der Waals surface area contributed by atoms with Gasteiger partial charge in [0.15, 0.2) is 0 Å². The SMILES string of the molecule is CCOC(=O)C1=CC(=Cc2cccc(C(F)(F)F)c2)OC(C)C1. The third kappa shape index (κ3) is 4.61. The first-order valence-electron chi connectivity index (χ1n) is 7.23. The average Bonchev–Trinajstić information content (AvgIpc) is 2.46. The summed E-state index contributed by atoms with van der Waals surface area (Å²) < 4.78 is 48.7. The Morgan fingerprint density at radius 3 is 2.83 bits per heavy atom. The van der Waals surface area contributed by atoms with Crippen LogP contribution in [-0.2, 0) is 20.4 Å². The number of halogens is 3. The van der Waals surface area contributed by atoms with E-state index in [9.17, 15) is 18.0 Å². The Hall–Kier alpha value is -2.24. The molecule has 2 rings (SSSR count). The number of hydrogen-bond donors (Lipinski definition) is 0. The highest BCUT2D eigenvalue weighted by Gasteiger charge is 2.30. The molecule has 0 bridgehead atoms. The normalized spacial score (nSPS) is 20.0. The van der Waals surface area contributed by atoms with Crippen molar-refractivity contribution < 1.29 is 27.4 Å². The Bertz CT molecular complexity index is 645. The molecule has 0 N–H and O–H groups in total. The monoisotopic (exact) mass is 326 g/mol. The summed E-state index contributed by atoms with van der Waals surface area (Å²) in [7, 11) is 0. The number of hydrogen-bond acceptors (Lipinski definition) is 3. The van der Waals surface area contributed by atoms with Gasteiger partial charge < -0.3 is 9.47 Å². The van der Waals surface area contributed by atoms with Crippen LogP contribution in [0.15, 0.2) is 41.7 Å². The van der Waals surface area contributed by atoms with Crippen molar-refractivity contribution >= 4 is 12.0 Å². The third-order valence-corrected chi connectivity index (χ3v) is 3.22. The van der Waals surface area contributed by atoms with E-state index < -0.39 is 17.7 Å². The Kier molecular flexibility index (Phi) is 5.13. The van der Waals surface area contributed by atoms with Gasteiger partial charge in [-0.25, -0.2) is 4.79 Å². The molecule has 1 unspecified atom stereocenters. The van der Waals surface area contributed by atoms with Gasteiger partial charge in [0.05, 0.1) is 12.2 Å². The van der Waals surface area contributed by atoms with Crippen LogP contribution in [0.25, 0.3) is 6.08 Å². The number of ether oxygens (including phenoxy) is 2. The van der Waals surface area contributed by atoms with Crippen LogP contribution in [0.4, 0.5) is 13.2 Å². The van der Waals surface area contributed by atoms with Gasteiger partial charge in [0.2, 0.25) is 0 Å². The maximum atomic E-state index is 12.7. The fraction of sp³-hybridized carbons (Fsp3) is 0.353. The lowest BCUT2D eigenvalue weighted by molar-refractivity contribution is -0.139. The largest absolute Gasteiger partial charge is 0.490 e. The third-order valence-electron chi connectivity index (χ3n) is 3.22. The van der Waals surface area contributed by atoms with Crippen LogP contribution in [-0.4, -0.2) is 18.7 Å².